The van der Waals surface area contributed by atoms with E-state index in [-0.39, 0.29) is 5.41 Å². The van der Waals surface area contributed by atoms with Gasteiger partial charge in [0.05, 0.1) is 22.4 Å². The maximum atomic E-state index is 6.80. The van der Waals surface area contributed by atoms with Gasteiger partial charge >= 0.3 is 0 Å². The van der Waals surface area contributed by atoms with Gasteiger partial charge in [-0.1, -0.05) is 114 Å². The van der Waals surface area contributed by atoms with E-state index in [1.54, 1.807) is 0 Å². The Balaban J connectivity index is 1.20. The summed E-state index contributed by atoms with van der Waals surface area (Å²) in [7, 11) is 0. The van der Waals surface area contributed by atoms with Gasteiger partial charge < -0.3 is 4.74 Å². The molecule has 0 amide bonds. The standard InChI is InChI=1S/C50H50N4O/c1-34(2)23-36-25-37(24-35(3)4)27-41(26-36)52-21-22-53(33-52)42-28-39(38-13-9-8-10-14-38)29-44(31-42)55-43-17-18-46-45-15-11-12-16-47(45)54(48(46)32-43)49-30-40(19-20-51-49)50(5,6)7/h8-22,25-32,34-35H,23-24H2,1-7H3. The first-order valence-electron chi connectivity index (χ1n) is 19.5. The number of fused-ring (bicyclic) bond motifs is 3. The third kappa shape index (κ3) is 7.70. The van der Waals surface area contributed by atoms with Gasteiger partial charge in [-0.25, -0.2) is 4.98 Å². The molecule has 0 unspecified atom stereocenters. The van der Waals surface area contributed by atoms with E-state index in [1.165, 1.54) is 22.1 Å². The number of nitrogens with zero attached hydrogens (tertiary/aromatic N) is 4. The quantitative estimate of drug-likeness (QED) is 0.104. The molecule has 0 fully saturated rings. The summed E-state index contributed by atoms with van der Waals surface area (Å²) in [5.74, 6) is 3.57. The molecule has 0 spiro atoms. The summed E-state index contributed by atoms with van der Waals surface area (Å²) in [4.78, 5) is 4.87. The maximum absolute atomic E-state index is 6.80. The van der Waals surface area contributed by atoms with Gasteiger partial charge in [0.25, 0.3) is 6.33 Å². The first-order chi connectivity index (χ1) is 26.5. The minimum Gasteiger partial charge on any atom is -0.458 e. The predicted molar refractivity (Wildman–Crippen MR) is 226 cm³/mol. The highest BCUT2D eigenvalue weighted by molar-refractivity contribution is 6.09. The summed E-state index contributed by atoms with van der Waals surface area (Å²) in [6, 6.07) is 43.2. The largest absolute Gasteiger partial charge is 0.458 e. The Labute approximate surface area is 325 Å². The highest BCUT2D eigenvalue weighted by Crippen LogP contribution is 2.37. The van der Waals surface area contributed by atoms with Crippen LogP contribution < -0.4 is 9.30 Å². The molecule has 3 heterocycles. The number of aromatic nitrogens is 4. The van der Waals surface area contributed by atoms with Gasteiger partial charge in [-0.15, -0.1) is 0 Å². The van der Waals surface area contributed by atoms with Gasteiger partial charge in [0, 0.05) is 35.4 Å². The first-order valence-corrected chi connectivity index (χ1v) is 19.5. The second-order valence-electron chi connectivity index (χ2n) is 16.7. The molecule has 0 aliphatic rings. The van der Waals surface area contributed by atoms with E-state index in [0.717, 1.165) is 69.1 Å². The smallest absolute Gasteiger partial charge is 0.268 e. The predicted octanol–water partition coefficient (Wildman–Crippen LogP) is 12.2. The summed E-state index contributed by atoms with van der Waals surface area (Å²) in [5.41, 5.74) is 10.4. The van der Waals surface area contributed by atoms with E-state index >= 15 is 0 Å². The summed E-state index contributed by atoms with van der Waals surface area (Å²) in [6.07, 6.45) is 11.8. The van der Waals surface area contributed by atoms with Crippen molar-refractivity contribution in [3.05, 3.63) is 163 Å². The van der Waals surface area contributed by atoms with E-state index in [1.807, 2.05) is 6.20 Å². The molecule has 5 aromatic carbocycles. The van der Waals surface area contributed by atoms with Crippen LogP contribution in [0, 0.1) is 18.2 Å². The van der Waals surface area contributed by atoms with Crippen molar-refractivity contribution in [3.8, 4) is 39.8 Å². The van der Waals surface area contributed by atoms with Crippen molar-refractivity contribution in [3.63, 3.8) is 0 Å². The van der Waals surface area contributed by atoms with E-state index in [4.69, 9.17) is 9.72 Å². The van der Waals surface area contributed by atoms with Gasteiger partial charge in [0.2, 0.25) is 0 Å². The van der Waals surface area contributed by atoms with Crippen LogP contribution >= 0.6 is 0 Å². The second-order valence-corrected chi connectivity index (χ2v) is 16.7. The number of hydrogen-bond acceptors (Lipinski definition) is 2. The highest BCUT2D eigenvalue weighted by Gasteiger charge is 2.19. The third-order valence-corrected chi connectivity index (χ3v) is 10.2. The number of para-hydroxylation sites is 1. The molecule has 0 N–H and O–H groups in total. The van der Waals surface area contributed by atoms with E-state index in [0.29, 0.717) is 11.8 Å². The van der Waals surface area contributed by atoms with Crippen LogP contribution in [0.15, 0.2) is 140 Å². The zero-order chi connectivity index (χ0) is 38.3. The van der Waals surface area contributed by atoms with Crippen molar-refractivity contribution < 1.29 is 9.30 Å². The average Bonchev–Trinajstić information content (AvgIpc) is 3.78. The number of benzene rings is 5. The molecule has 0 atom stereocenters. The average molecular weight is 723 g/mol. The molecule has 8 rings (SSSR count). The number of hydrogen-bond donors (Lipinski definition) is 0. The fourth-order valence-corrected chi connectivity index (χ4v) is 7.65. The Bertz CT molecular complexity index is 2590. The molecule has 5 heteroatoms. The fraction of sp³-hybridized carbons (Fsp3) is 0.240. The van der Waals surface area contributed by atoms with E-state index in [9.17, 15) is 0 Å². The maximum Gasteiger partial charge on any atom is 0.268 e. The lowest BCUT2D eigenvalue weighted by Crippen LogP contribution is -2.28. The molecule has 3 aromatic heterocycles. The van der Waals surface area contributed by atoms with E-state index in [2.05, 4.69) is 202 Å². The molecule has 0 aliphatic carbocycles. The van der Waals surface area contributed by atoms with Crippen LogP contribution in [0.2, 0.25) is 0 Å². The summed E-state index contributed by atoms with van der Waals surface area (Å²) >= 11 is 0. The number of ether oxygens (including phenoxy) is 1. The molecule has 0 saturated heterocycles. The molecular formula is C50H50N4O. The highest BCUT2D eigenvalue weighted by atomic mass is 16.5. The molecule has 55 heavy (non-hydrogen) atoms. The van der Waals surface area contributed by atoms with Crippen molar-refractivity contribution in [2.24, 2.45) is 11.8 Å². The van der Waals surface area contributed by atoms with Crippen LogP contribution in [0.3, 0.4) is 0 Å². The Morgan fingerprint density at radius 2 is 1.38 bits per heavy atom. The van der Waals surface area contributed by atoms with Gasteiger partial charge in [-0.05, 0) is 107 Å². The Hall–Kier alpha value is -5.94. The lowest BCUT2D eigenvalue weighted by Gasteiger charge is -2.20. The van der Waals surface area contributed by atoms with Crippen molar-refractivity contribution in [1.29, 1.82) is 0 Å². The van der Waals surface area contributed by atoms with Crippen LogP contribution in [-0.4, -0.2) is 14.1 Å². The van der Waals surface area contributed by atoms with Crippen LogP contribution in [0.25, 0.3) is 50.1 Å². The molecular weight excluding hydrogens is 673 g/mol. The topological polar surface area (TPSA) is 35.9 Å². The normalized spacial score (nSPS) is 12.0. The molecule has 0 saturated carbocycles. The summed E-state index contributed by atoms with van der Waals surface area (Å²) in [6.45, 7) is 15.8. The van der Waals surface area contributed by atoms with Gasteiger partial charge in [0.1, 0.15) is 17.3 Å². The van der Waals surface area contributed by atoms with Crippen LogP contribution in [-0.2, 0) is 18.3 Å². The molecule has 8 aromatic rings. The summed E-state index contributed by atoms with van der Waals surface area (Å²) < 4.78 is 13.2. The Morgan fingerprint density at radius 1 is 0.673 bits per heavy atom. The molecule has 0 bridgehead atoms. The molecule has 0 aliphatic heterocycles. The minimum atomic E-state index is -0.00286. The Morgan fingerprint density at radius 3 is 2.11 bits per heavy atom. The zero-order valence-electron chi connectivity index (χ0n) is 33.0. The van der Waals surface area contributed by atoms with E-state index < -0.39 is 0 Å². The van der Waals surface area contributed by atoms with Crippen molar-refractivity contribution in [2.75, 3.05) is 0 Å². The number of imidazole rings is 1. The van der Waals surface area contributed by atoms with Crippen molar-refractivity contribution >= 4 is 21.8 Å². The Kier molecular flexibility index (Phi) is 9.64. The lowest BCUT2D eigenvalue weighted by molar-refractivity contribution is -0.599. The minimum absolute atomic E-state index is 0.00286. The fourth-order valence-electron chi connectivity index (χ4n) is 7.65. The van der Waals surface area contributed by atoms with Crippen LogP contribution in [0.5, 0.6) is 11.5 Å². The van der Waals surface area contributed by atoms with Crippen molar-refractivity contribution in [1.82, 2.24) is 14.1 Å². The second kappa shape index (κ2) is 14.7. The summed E-state index contributed by atoms with van der Waals surface area (Å²) in [5, 5.41) is 2.34. The monoisotopic (exact) mass is 722 g/mol. The molecule has 5 nitrogen and oxygen atoms in total. The SMILES string of the molecule is CC(C)Cc1cc(CC(C)C)cc(-[n+]2[c-]n(-c3cc(Oc4ccc5c6ccccc6n(-c6cc(C(C)(C)C)ccn6)c5c4)cc(-c4ccccc4)c3)cc2)c1. The lowest BCUT2D eigenvalue weighted by atomic mass is 9.88. The van der Waals surface area contributed by atoms with Crippen LogP contribution in [0.4, 0.5) is 0 Å². The van der Waals surface area contributed by atoms with Crippen LogP contribution in [0.1, 0.15) is 65.2 Å². The van der Waals surface area contributed by atoms with Gasteiger partial charge in [-0.2, -0.15) is 0 Å². The number of rotatable bonds is 10. The first kappa shape index (κ1) is 36.1. The molecule has 276 valence electrons. The van der Waals surface area contributed by atoms with Gasteiger partial charge in [0.15, 0.2) is 0 Å². The van der Waals surface area contributed by atoms with Crippen molar-refractivity contribution in [2.45, 2.75) is 66.7 Å². The third-order valence-electron chi connectivity index (χ3n) is 10.2. The van der Waals surface area contributed by atoms with Gasteiger partial charge in [-0.3, -0.25) is 13.7 Å². The number of pyridine rings is 1. The molecule has 0 radical (unpaired) electrons. The zero-order valence-corrected chi connectivity index (χ0v) is 33.0.